The highest BCUT2D eigenvalue weighted by atomic mass is 35.5. The Morgan fingerprint density at radius 3 is 3.00 bits per heavy atom. The summed E-state index contributed by atoms with van der Waals surface area (Å²) in [5.74, 6) is -0.367. The molecule has 2 saturated heterocycles. The van der Waals surface area contributed by atoms with Crippen molar-refractivity contribution >= 4 is 46.3 Å². The number of aliphatic hydroxyl groups excluding tert-OH is 1. The number of hydrogen-bond acceptors (Lipinski definition) is 6. The van der Waals surface area contributed by atoms with Gasteiger partial charge in [-0.05, 0) is 49.7 Å². The topological polar surface area (TPSA) is 81.7 Å². The number of para-hydroxylation sites is 1. The van der Waals surface area contributed by atoms with Crippen molar-refractivity contribution in [1.29, 1.82) is 0 Å². The first-order valence-electron chi connectivity index (χ1n) is 8.71. The Morgan fingerprint density at radius 2 is 2.27 bits per heavy atom. The summed E-state index contributed by atoms with van der Waals surface area (Å²) in [5, 5.41) is 15.0. The molecule has 6 nitrogen and oxygen atoms in total. The summed E-state index contributed by atoms with van der Waals surface area (Å²) in [5.41, 5.74) is 1.73. The lowest BCUT2D eigenvalue weighted by atomic mass is 10.0. The number of carbonyl (C=O) groups excluding carboxylic acids is 2. The maximum absolute atomic E-state index is 11.9. The van der Waals surface area contributed by atoms with E-state index in [9.17, 15) is 9.59 Å². The third-order valence-corrected chi connectivity index (χ3v) is 5.57. The Bertz CT molecular complexity index is 726. The van der Waals surface area contributed by atoms with E-state index in [2.05, 4.69) is 15.5 Å². The lowest BCUT2D eigenvalue weighted by Crippen LogP contribution is -2.46. The largest absolute Gasteiger partial charge is 0.396 e. The molecule has 26 heavy (non-hydrogen) atoms. The van der Waals surface area contributed by atoms with E-state index in [1.54, 1.807) is 6.08 Å². The monoisotopic (exact) mass is 395 g/mol. The predicted molar refractivity (Wildman–Crippen MR) is 105 cm³/mol. The van der Waals surface area contributed by atoms with Gasteiger partial charge in [-0.15, -0.1) is 0 Å². The third-order valence-electron chi connectivity index (χ3n) is 4.45. The summed E-state index contributed by atoms with van der Waals surface area (Å²) in [6.45, 7) is 2.66. The average Bonchev–Trinajstić information content (AvgIpc) is 2.93. The molecule has 2 fully saturated rings. The maximum atomic E-state index is 11.9. The molecule has 0 saturated carbocycles. The number of benzene rings is 1. The first kappa shape index (κ1) is 19.2. The first-order valence-corrected chi connectivity index (χ1v) is 9.90. The van der Waals surface area contributed by atoms with E-state index in [0.29, 0.717) is 16.0 Å². The molecule has 8 heteroatoms. The quantitative estimate of drug-likeness (QED) is 0.507. The first-order chi connectivity index (χ1) is 12.6. The zero-order chi connectivity index (χ0) is 18.5. The van der Waals surface area contributed by atoms with Gasteiger partial charge in [0.2, 0.25) is 0 Å². The normalized spacial score (nSPS) is 22.2. The van der Waals surface area contributed by atoms with Gasteiger partial charge < -0.3 is 15.3 Å². The van der Waals surface area contributed by atoms with Crippen molar-refractivity contribution in [3.63, 3.8) is 0 Å². The number of piperidine rings is 1. The maximum Gasteiger partial charge on any atom is 0.290 e. The fraction of sp³-hybridized carbons (Fsp3) is 0.444. The van der Waals surface area contributed by atoms with Crippen molar-refractivity contribution in [2.24, 2.45) is 0 Å². The summed E-state index contributed by atoms with van der Waals surface area (Å²) in [6, 6.07) is 5.93. The second kappa shape index (κ2) is 8.90. The molecule has 1 aromatic rings. The fourth-order valence-electron chi connectivity index (χ4n) is 3.28. The van der Waals surface area contributed by atoms with Gasteiger partial charge in [0.05, 0.1) is 15.6 Å². The number of imide groups is 1. The smallest absolute Gasteiger partial charge is 0.290 e. The van der Waals surface area contributed by atoms with Crippen molar-refractivity contribution < 1.29 is 14.7 Å². The third kappa shape index (κ3) is 4.59. The molecule has 0 aromatic heterocycles. The molecule has 0 unspecified atom stereocenters. The Kier molecular flexibility index (Phi) is 6.58. The summed E-state index contributed by atoms with van der Waals surface area (Å²) in [6.07, 6.45) is 4.58. The van der Waals surface area contributed by atoms with Crippen LogP contribution in [0.2, 0.25) is 5.02 Å². The van der Waals surface area contributed by atoms with E-state index in [-0.39, 0.29) is 17.8 Å². The van der Waals surface area contributed by atoms with Crippen LogP contribution in [0.1, 0.15) is 24.8 Å². The van der Waals surface area contributed by atoms with Crippen LogP contribution in [0.4, 0.5) is 10.5 Å². The van der Waals surface area contributed by atoms with Crippen LogP contribution in [0.25, 0.3) is 6.08 Å². The zero-order valence-electron chi connectivity index (χ0n) is 14.3. The molecule has 0 aliphatic carbocycles. The van der Waals surface area contributed by atoms with Crippen LogP contribution in [0, 0.1) is 0 Å². The fourth-order valence-corrected chi connectivity index (χ4v) is 4.25. The molecule has 3 N–H and O–H groups in total. The van der Waals surface area contributed by atoms with Gasteiger partial charge in [0.25, 0.3) is 11.1 Å². The number of nitrogens with zero attached hydrogens (tertiary/aromatic N) is 1. The summed E-state index contributed by atoms with van der Waals surface area (Å²) in [4.78, 5) is 25.9. The molecule has 0 radical (unpaired) electrons. The van der Waals surface area contributed by atoms with Crippen molar-refractivity contribution in [3.05, 3.63) is 33.7 Å². The Morgan fingerprint density at radius 1 is 1.42 bits per heavy atom. The molecular formula is C18H22ClN3O3S. The van der Waals surface area contributed by atoms with Crippen LogP contribution in [-0.2, 0) is 4.79 Å². The van der Waals surface area contributed by atoms with Crippen molar-refractivity contribution in [2.75, 3.05) is 31.1 Å². The van der Waals surface area contributed by atoms with Gasteiger partial charge in [0.15, 0.2) is 0 Å². The van der Waals surface area contributed by atoms with Gasteiger partial charge in [-0.25, -0.2) is 0 Å². The SMILES string of the molecule is O=C1NC(=O)/C(=C/c2cccc(Cl)c2N2CCC[C@@H](NCCCO)C2)S1. The number of aliphatic hydroxyl groups is 1. The van der Waals surface area contributed by atoms with Gasteiger partial charge in [0, 0.05) is 31.3 Å². The number of thioether (sulfide) groups is 1. The van der Waals surface area contributed by atoms with E-state index in [4.69, 9.17) is 16.7 Å². The molecule has 140 valence electrons. The molecule has 1 atom stereocenters. The number of nitrogens with one attached hydrogen (secondary N) is 2. The van der Waals surface area contributed by atoms with Crippen LogP contribution in [0.5, 0.6) is 0 Å². The Labute approximate surface area is 162 Å². The Hall–Kier alpha value is -1.54. The van der Waals surface area contributed by atoms with E-state index < -0.39 is 0 Å². The highest BCUT2D eigenvalue weighted by Gasteiger charge is 2.27. The minimum atomic E-state index is -0.367. The molecular weight excluding hydrogens is 374 g/mol. The van der Waals surface area contributed by atoms with Gasteiger partial charge in [-0.2, -0.15) is 0 Å². The molecule has 2 amide bonds. The second-order valence-corrected chi connectivity index (χ2v) is 7.77. The summed E-state index contributed by atoms with van der Waals surface area (Å²) < 4.78 is 0. The van der Waals surface area contributed by atoms with Crippen molar-refractivity contribution in [2.45, 2.75) is 25.3 Å². The van der Waals surface area contributed by atoms with Crippen LogP contribution in [0.15, 0.2) is 23.1 Å². The minimum absolute atomic E-state index is 0.185. The van der Waals surface area contributed by atoms with Gasteiger partial charge in [-0.3, -0.25) is 14.9 Å². The molecule has 2 heterocycles. The van der Waals surface area contributed by atoms with E-state index in [1.165, 1.54) is 0 Å². The Balaban J connectivity index is 1.82. The van der Waals surface area contributed by atoms with E-state index >= 15 is 0 Å². The number of rotatable bonds is 6. The lowest BCUT2D eigenvalue weighted by Gasteiger charge is -2.36. The van der Waals surface area contributed by atoms with E-state index in [0.717, 1.165) is 61.9 Å². The number of amides is 2. The number of anilines is 1. The van der Waals surface area contributed by atoms with Crippen LogP contribution < -0.4 is 15.5 Å². The average molecular weight is 396 g/mol. The van der Waals surface area contributed by atoms with Gasteiger partial charge in [-0.1, -0.05) is 23.7 Å². The van der Waals surface area contributed by atoms with E-state index in [1.807, 2.05) is 18.2 Å². The van der Waals surface area contributed by atoms with Gasteiger partial charge >= 0.3 is 0 Å². The molecule has 2 aliphatic rings. The summed E-state index contributed by atoms with van der Waals surface area (Å²) >= 11 is 7.40. The molecule has 0 spiro atoms. The number of carbonyl (C=O) groups is 2. The van der Waals surface area contributed by atoms with Crippen LogP contribution >= 0.6 is 23.4 Å². The zero-order valence-corrected chi connectivity index (χ0v) is 15.9. The second-order valence-electron chi connectivity index (χ2n) is 6.35. The highest BCUT2D eigenvalue weighted by molar-refractivity contribution is 8.18. The predicted octanol–water partition coefficient (Wildman–Crippen LogP) is 2.60. The lowest BCUT2D eigenvalue weighted by molar-refractivity contribution is -0.115. The molecule has 0 bridgehead atoms. The number of halogens is 1. The minimum Gasteiger partial charge on any atom is -0.396 e. The van der Waals surface area contributed by atoms with Gasteiger partial charge in [0.1, 0.15) is 0 Å². The molecule has 3 rings (SSSR count). The highest BCUT2D eigenvalue weighted by Crippen LogP contribution is 2.35. The van der Waals surface area contributed by atoms with Crippen LogP contribution in [0.3, 0.4) is 0 Å². The summed E-state index contributed by atoms with van der Waals surface area (Å²) in [7, 11) is 0. The van der Waals surface area contributed by atoms with Crippen molar-refractivity contribution in [1.82, 2.24) is 10.6 Å². The standard InChI is InChI=1S/C18H22ClN3O3S/c19-14-6-1-4-12(10-15-17(24)21-18(25)26-15)16(14)22-8-2-5-13(11-22)20-7-3-9-23/h1,4,6,10,13,20,23H,2-3,5,7-9,11H2,(H,21,24,25)/b15-10-/t13-/m1/s1. The molecule has 2 aliphatic heterocycles. The van der Waals surface area contributed by atoms with Crippen LogP contribution in [-0.4, -0.2) is 48.5 Å². The molecule has 1 aromatic carbocycles. The van der Waals surface area contributed by atoms with Crippen molar-refractivity contribution in [3.8, 4) is 0 Å². The number of hydrogen-bond donors (Lipinski definition) is 3.